The topological polar surface area (TPSA) is 71.6 Å². The molecule has 0 unspecified atom stereocenters. The van der Waals surface area contributed by atoms with Crippen molar-refractivity contribution in [2.24, 2.45) is 5.92 Å². The van der Waals surface area contributed by atoms with E-state index < -0.39 is 5.60 Å². The molecular formula is C23H32ClN3O5. The number of carbonyl (C=O) groups excluding carboxylic acids is 2. The summed E-state index contributed by atoms with van der Waals surface area (Å²) in [5.41, 5.74) is -0.907. The van der Waals surface area contributed by atoms with Crippen LogP contribution in [0, 0.1) is 5.92 Å². The van der Waals surface area contributed by atoms with Crippen LogP contribution < -0.4 is 4.74 Å². The predicted molar refractivity (Wildman–Crippen MR) is 120 cm³/mol. The average molecular weight is 466 g/mol. The van der Waals surface area contributed by atoms with Crippen LogP contribution in [-0.4, -0.2) is 105 Å². The fraction of sp³-hybridized carbons (Fsp3) is 0.652. The molecule has 3 aliphatic rings. The molecule has 2 atom stereocenters. The van der Waals surface area contributed by atoms with E-state index in [1.54, 1.807) is 17.0 Å². The molecule has 0 spiro atoms. The molecule has 4 rings (SSSR count). The molecule has 0 radical (unpaired) electrons. The number of nitrogens with zero attached hydrogens (tertiary/aromatic N) is 3. The molecular weight excluding hydrogens is 434 g/mol. The Kier molecular flexibility index (Phi) is 7.55. The number of benzene rings is 1. The molecule has 1 aromatic carbocycles. The normalized spacial score (nSPS) is 26.9. The molecule has 0 aromatic heterocycles. The number of carbonyl (C=O) groups is 2. The maximum Gasteiger partial charge on any atom is 0.227 e. The van der Waals surface area contributed by atoms with Crippen molar-refractivity contribution in [3.63, 3.8) is 0 Å². The molecule has 3 heterocycles. The number of morpholine rings is 2. The lowest BCUT2D eigenvalue weighted by molar-refractivity contribution is -0.169. The van der Waals surface area contributed by atoms with E-state index >= 15 is 0 Å². The zero-order valence-corrected chi connectivity index (χ0v) is 19.4. The van der Waals surface area contributed by atoms with Gasteiger partial charge in [0.2, 0.25) is 11.8 Å². The van der Waals surface area contributed by atoms with Crippen LogP contribution in [-0.2, 0) is 19.1 Å². The Morgan fingerprint density at radius 3 is 2.66 bits per heavy atom. The van der Waals surface area contributed by atoms with Crippen molar-refractivity contribution in [2.75, 3.05) is 72.7 Å². The number of ether oxygens (including phenoxy) is 3. The molecule has 1 aromatic rings. The van der Waals surface area contributed by atoms with E-state index in [4.69, 9.17) is 25.8 Å². The minimum Gasteiger partial charge on any atom is -0.490 e. The fourth-order valence-corrected chi connectivity index (χ4v) is 4.83. The first-order valence-corrected chi connectivity index (χ1v) is 11.7. The Morgan fingerprint density at radius 2 is 1.94 bits per heavy atom. The first-order chi connectivity index (χ1) is 15.4. The zero-order chi connectivity index (χ0) is 22.6. The van der Waals surface area contributed by atoms with Crippen LogP contribution in [0.4, 0.5) is 0 Å². The van der Waals surface area contributed by atoms with Gasteiger partial charge in [-0.2, -0.15) is 0 Å². The number of hydrogen-bond acceptors (Lipinski definition) is 6. The van der Waals surface area contributed by atoms with Crippen molar-refractivity contribution < 1.29 is 23.8 Å². The molecule has 3 fully saturated rings. The monoisotopic (exact) mass is 465 g/mol. The Hall–Kier alpha value is -1.87. The molecule has 32 heavy (non-hydrogen) atoms. The van der Waals surface area contributed by atoms with Crippen molar-refractivity contribution in [2.45, 2.75) is 18.4 Å². The van der Waals surface area contributed by atoms with Gasteiger partial charge >= 0.3 is 0 Å². The number of likely N-dealkylation sites (tertiary alicyclic amines) is 1. The second-order valence-electron chi connectivity index (χ2n) is 8.96. The first kappa shape index (κ1) is 23.3. The van der Waals surface area contributed by atoms with Gasteiger partial charge in [0.15, 0.2) is 0 Å². The molecule has 0 saturated carbocycles. The summed E-state index contributed by atoms with van der Waals surface area (Å²) in [5, 5.41) is 0.577. The van der Waals surface area contributed by atoms with E-state index in [1.807, 2.05) is 24.1 Å². The van der Waals surface area contributed by atoms with Crippen LogP contribution in [0.5, 0.6) is 5.75 Å². The van der Waals surface area contributed by atoms with E-state index in [-0.39, 0.29) is 30.8 Å². The Morgan fingerprint density at radius 1 is 1.16 bits per heavy atom. The zero-order valence-electron chi connectivity index (χ0n) is 18.6. The van der Waals surface area contributed by atoms with Gasteiger partial charge in [-0.15, -0.1) is 0 Å². The minimum absolute atomic E-state index is 0.000377. The van der Waals surface area contributed by atoms with Gasteiger partial charge in [0.25, 0.3) is 0 Å². The van der Waals surface area contributed by atoms with E-state index in [0.29, 0.717) is 56.8 Å². The van der Waals surface area contributed by atoms with Gasteiger partial charge in [-0.05, 0) is 38.2 Å². The van der Waals surface area contributed by atoms with Crippen molar-refractivity contribution in [1.29, 1.82) is 0 Å². The van der Waals surface area contributed by atoms with Crippen molar-refractivity contribution in [1.82, 2.24) is 14.7 Å². The molecule has 3 saturated heterocycles. The Labute approximate surface area is 194 Å². The van der Waals surface area contributed by atoms with Crippen molar-refractivity contribution in [3.05, 3.63) is 29.3 Å². The van der Waals surface area contributed by atoms with Gasteiger partial charge in [0.05, 0.1) is 38.7 Å². The average Bonchev–Trinajstić information content (AvgIpc) is 3.24. The number of rotatable bonds is 6. The molecule has 8 nitrogen and oxygen atoms in total. The van der Waals surface area contributed by atoms with E-state index in [0.717, 1.165) is 19.5 Å². The van der Waals surface area contributed by atoms with Crippen LogP contribution in [0.2, 0.25) is 5.02 Å². The van der Waals surface area contributed by atoms with Crippen LogP contribution in [0.3, 0.4) is 0 Å². The van der Waals surface area contributed by atoms with E-state index in [2.05, 4.69) is 4.90 Å². The third-order valence-electron chi connectivity index (χ3n) is 6.44. The summed E-state index contributed by atoms with van der Waals surface area (Å²) in [4.78, 5) is 32.2. The fourth-order valence-electron chi connectivity index (χ4n) is 4.64. The highest BCUT2D eigenvalue weighted by Gasteiger charge is 2.44. The molecule has 0 aliphatic carbocycles. The third kappa shape index (κ3) is 5.73. The predicted octanol–water partition coefficient (Wildman–Crippen LogP) is 1.52. The van der Waals surface area contributed by atoms with Crippen LogP contribution in [0.15, 0.2) is 24.3 Å². The smallest absolute Gasteiger partial charge is 0.227 e. The molecule has 0 N–H and O–H groups in total. The van der Waals surface area contributed by atoms with Gasteiger partial charge in [-0.25, -0.2) is 0 Å². The largest absolute Gasteiger partial charge is 0.490 e. The van der Waals surface area contributed by atoms with Gasteiger partial charge in [0, 0.05) is 31.2 Å². The molecule has 176 valence electrons. The van der Waals surface area contributed by atoms with Crippen LogP contribution in [0.1, 0.15) is 12.8 Å². The molecule has 3 aliphatic heterocycles. The number of hydrogen-bond donors (Lipinski definition) is 0. The summed E-state index contributed by atoms with van der Waals surface area (Å²) in [6.07, 6.45) is 1.02. The third-order valence-corrected chi connectivity index (χ3v) is 6.67. The second kappa shape index (κ2) is 10.4. The standard InChI is InChI=1S/C23H32ClN3O5/c1-25-6-5-18(15-25)22(29)27-9-12-32-23(16-27,14-21(28)26-7-10-30-11-8-26)17-31-20-4-2-3-19(24)13-20/h2-4,13,18H,5-12,14-17H2,1H3/t18-,23-/m1/s1. The minimum atomic E-state index is -0.907. The lowest BCUT2D eigenvalue weighted by Crippen LogP contribution is -2.59. The van der Waals surface area contributed by atoms with Gasteiger partial charge in [-0.3, -0.25) is 9.59 Å². The summed E-state index contributed by atoms with van der Waals surface area (Å²) in [5.74, 6) is 0.751. The number of halogens is 1. The first-order valence-electron chi connectivity index (χ1n) is 11.3. The molecule has 9 heteroatoms. The summed E-state index contributed by atoms with van der Waals surface area (Å²) in [7, 11) is 2.04. The molecule has 2 amide bonds. The summed E-state index contributed by atoms with van der Waals surface area (Å²) < 4.78 is 17.6. The molecule has 0 bridgehead atoms. The van der Waals surface area contributed by atoms with Crippen LogP contribution >= 0.6 is 11.6 Å². The maximum atomic E-state index is 13.2. The highest BCUT2D eigenvalue weighted by atomic mass is 35.5. The van der Waals surface area contributed by atoms with E-state index in [1.165, 1.54) is 0 Å². The van der Waals surface area contributed by atoms with Gasteiger partial charge < -0.3 is 28.9 Å². The lowest BCUT2D eigenvalue weighted by atomic mass is 9.95. The maximum absolute atomic E-state index is 13.2. The van der Waals surface area contributed by atoms with Crippen molar-refractivity contribution in [3.8, 4) is 5.75 Å². The SMILES string of the molecule is CN1CC[C@@H](C(=O)N2CCO[C@](COc3cccc(Cl)c3)(CC(=O)N3CCOCC3)C2)C1. The summed E-state index contributed by atoms with van der Waals surface area (Å²) in [6, 6.07) is 7.16. The number of amides is 2. The summed E-state index contributed by atoms with van der Waals surface area (Å²) in [6.45, 7) is 5.33. The Bertz CT molecular complexity index is 819. The van der Waals surface area contributed by atoms with Gasteiger partial charge in [-0.1, -0.05) is 17.7 Å². The second-order valence-corrected chi connectivity index (χ2v) is 9.39. The quantitative estimate of drug-likeness (QED) is 0.634. The highest BCUT2D eigenvalue weighted by molar-refractivity contribution is 6.30. The highest BCUT2D eigenvalue weighted by Crippen LogP contribution is 2.28. The summed E-state index contributed by atoms with van der Waals surface area (Å²) >= 11 is 6.10. The van der Waals surface area contributed by atoms with Gasteiger partial charge in [0.1, 0.15) is 18.0 Å². The lowest BCUT2D eigenvalue weighted by Gasteiger charge is -2.43. The van der Waals surface area contributed by atoms with Crippen molar-refractivity contribution >= 4 is 23.4 Å². The van der Waals surface area contributed by atoms with Crippen LogP contribution in [0.25, 0.3) is 0 Å². The van der Waals surface area contributed by atoms with E-state index in [9.17, 15) is 9.59 Å². The Balaban J connectivity index is 1.49.